The molecule has 2 heterocycles. The predicted molar refractivity (Wildman–Crippen MR) is 235 cm³/mol. The Kier molecular flexibility index (Phi) is 11.5. The molecule has 2 aliphatic carbocycles. The number of phenols is 1. The third-order valence-corrected chi connectivity index (χ3v) is 18.5. The highest BCUT2D eigenvalue weighted by Gasteiger charge is 2.59. The fraction of sp³-hybridized carbons (Fsp3) is 0.412. The molecule has 6 nitrogen and oxygen atoms in total. The molecule has 2 aliphatic heterocycles. The van der Waals surface area contributed by atoms with Gasteiger partial charge in [0.15, 0.2) is 0 Å². The van der Waals surface area contributed by atoms with Gasteiger partial charge in [0.25, 0.3) is 8.32 Å². The lowest BCUT2D eigenvalue weighted by molar-refractivity contribution is -0.143. The van der Waals surface area contributed by atoms with Crippen molar-refractivity contribution in [3.05, 3.63) is 137 Å². The van der Waals surface area contributed by atoms with Crippen molar-refractivity contribution in [3.8, 4) is 5.75 Å². The molecule has 3 fully saturated rings. The summed E-state index contributed by atoms with van der Waals surface area (Å²) in [5, 5.41) is 12.8. The van der Waals surface area contributed by atoms with Crippen LogP contribution in [0.15, 0.2) is 114 Å². The van der Waals surface area contributed by atoms with Gasteiger partial charge in [0.05, 0.1) is 31.2 Å². The number of likely N-dealkylation sites (tertiary alicyclic amines) is 1. The van der Waals surface area contributed by atoms with Crippen molar-refractivity contribution in [2.75, 3.05) is 13.2 Å². The van der Waals surface area contributed by atoms with Crippen molar-refractivity contribution in [2.24, 2.45) is 17.8 Å². The van der Waals surface area contributed by atoms with E-state index in [1.807, 2.05) is 32.0 Å². The van der Waals surface area contributed by atoms with Crippen LogP contribution in [-0.2, 0) is 18.8 Å². The molecule has 2 saturated heterocycles. The van der Waals surface area contributed by atoms with E-state index in [0.717, 1.165) is 66.4 Å². The number of carbonyl (C=O) groups is 2. The van der Waals surface area contributed by atoms with Gasteiger partial charge in [-0.25, -0.2) is 0 Å². The summed E-state index contributed by atoms with van der Waals surface area (Å²) in [6.07, 6.45) is 9.14. The summed E-state index contributed by atoms with van der Waals surface area (Å²) in [7, 11) is -2.91. The van der Waals surface area contributed by atoms with Crippen LogP contribution in [0, 0.1) is 31.6 Å². The van der Waals surface area contributed by atoms with Gasteiger partial charge in [-0.05, 0) is 112 Å². The van der Waals surface area contributed by atoms with Gasteiger partial charge < -0.3 is 14.3 Å². The molecular weight excluding hydrogens is 735 g/mol. The van der Waals surface area contributed by atoms with Crippen molar-refractivity contribution in [2.45, 2.75) is 103 Å². The minimum Gasteiger partial charge on any atom is -0.507 e. The number of fused-ring (bicyclic) bond motifs is 3. The number of aromatic hydroxyl groups is 1. The third-order valence-electron chi connectivity index (χ3n) is 13.5. The SMILES string of the molecule is Cc1cc(/C=C(/CC[C@H]2OC[C@H]3C2=C(CO[Si](c2ccccc2)(c2ccccc2)C(C)(C)C)C[C@H]2C(=O)N(C4CCCCC4)C(=O)[C@H]23)c2ccccc2)cc(C)c1O. The number of hydrogen-bond donors (Lipinski definition) is 1. The summed E-state index contributed by atoms with van der Waals surface area (Å²) >= 11 is 0. The number of benzene rings is 4. The first-order valence-corrected chi connectivity index (χ1v) is 23.4. The van der Waals surface area contributed by atoms with E-state index in [9.17, 15) is 14.7 Å². The van der Waals surface area contributed by atoms with E-state index >= 15 is 0 Å². The third kappa shape index (κ3) is 7.46. The average molecular weight is 794 g/mol. The molecule has 0 bridgehead atoms. The fourth-order valence-electron chi connectivity index (χ4n) is 10.8. The molecule has 302 valence electrons. The molecule has 1 N–H and O–H groups in total. The van der Waals surface area contributed by atoms with Crippen molar-refractivity contribution < 1.29 is 23.9 Å². The zero-order valence-electron chi connectivity index (χ0n) is 34.9. The van der Waals surface area contributed by atoms with Crippen LogP contribution in [0.2, 0.25) is 5.04 Å². The van der Waals surface area contributed by atoms with Gasteiger partial charge in [-0.3, -0.25) is 14.5 Å². The Bertz CT molecular complexity index is 2120. The van der Waals surface area contributed by atoms with Gasteiger partial charge in [-0.15, -0.1) is 0 Å². The summed E-state index contributed by atoms with van der Waals surface area (Å²) in [6.45, 7) is 11.6. The fourth-order valence-corrected chi connectivity index (χ4v) is 15.3. The number of nitrogens with zero attached hydrogens (tertiary/aromatic N) is 1. The van der Waals surface area contributed by atoms with Crippen LogP contribution in [0.1, 0.15) is 94.4 Å². The van der Waals surface area contributed by atoms with Crippen LogP contribution >= 0.6 is 0 Å². The van der Waals surface area contributed by atoms with Crippen LogP contribution in [0.4, 0.5) is 0 Å². The first kappa shape index (κ1) is 40.2. The Hall–Kier alpha value is -4.56. The Morgan fingerprint density at radius 1 is 0.828 bits per heavy atom. The van der Waals surface area contributed by atoms with E-state index in [1.165, 1.54) is 27.9 Å². The summed E-state index contributed by atoms with van der Waals surface area (Å²) in [4.78, 5) is 30.7. The first-order valence-electron chi connectivity index (χ1n) is 21.5. The molecule has 58 heavy (non-hydrogen) atoms. The molecular formula is C51H59NO5Si. The highest BCUT2D eigenvalue weighted by molar-refractivity contribution is 6.99. The van der Waals surface area contributed by atoms with E-state index in [0.29, 0.717) is 25.4 Å². The molecule has 4 aromatic rings. The molecule has 4 aromatic carbocycles. The van der Waals surface area contributed by atoms with Gasteiger partial charge in [0.1, 0.15) is 5.75 Å². The summed E-state index contributed by atoms with van der Waals surface area (Å²) in [6, 6.07) is 36.0. The van der Waals surface area contributed by atoms with Gasteiger partial charge >= 0.3 is 0 Å². The molecule has 0 aromatic heterocycles. The lowest BCUT2D eigenvalue weighted by Crippen LogP contribution is -2.66. The monoisotopic (exact) mass is 793 g/mol. The Balaban J connectivity index is 1.18. The lowest BCUT2D eigenvalue weighted by atomic mass is 9.69. The second-order valence-corrected chi connectivity index (χ2v) is 22.5. The number of phenolic OH excluding ortho intramolecular Hbond substituents is 1. The second kappa shape index (κ2) is 16.6. The molecule has 2 amide bonds. The largest absolute Gasteiger partial charge is 0.507 e. The number of hydrogen-bond acceptors (Lipinski definition) is 5. The highest BCUT2D eigenvalue weighted by Crippen LogP contribution is 2.51. The summed E-state index contributed by atoms with van der Waals surface area (Å²) in [5.41, 5.74) is 7.42. The Morgan fingerprint density at radius 3 is 2.00 bits per heavy atom. The van der Waals surface area contributed by atoms with Crippen LogP contribution < -0.4 is 10.4 Å². The van der Waals surface area contributed by atoms with E-state index < -0.39 is 14.2 Å². The van der Waals surface area contributed by atoms with Crippen LogP contribution in [0.3, 0.4) is 0 Å². The topological polar surface area (TPSA) is 76.1 Å². The molecule has 1 saturated carbocycles. The number of ether oxygens (including phenoxy) is 1. The predicted octanol–water partition coefficient (Wildman–Crippen LogP) is 9.56. The van der Waals surface area contributed by atoms with Crippen molar-refractivity contribution in [1.29, 1.82) is 0 Å². The minimum atomic E-state index is -2.91. The molecule has 4 aliphatic rings. The van der Waals surface area contributed by atoms with Crippen LogP contribution in [0.5, 0.6) is 5.75 Å². The first-order chi connectivity index (χ1) is 28.0. The lowest BCUT2D eigenvalue weighted by Gasteiger charge is -2.44. The Labute approximate surface area is 346 Å². The minimum absolute atomic E-state index is 0.00321. The summed E-state index contributed by atoms with van der Waals surface area (Å²) in [5.74, 6) is -0.564. The number of allylic oxidation sites excluding steroid dienone is 1. The van der Waals surface area contributed by atoms with Crippen molar-refractivity contribution >= 4 is 42.2 Å². The smallest absolute Gasteiger partial charge is 0.261 e. The molecule has 0 radical (unpaired) electrons. The molecule has 0 unspecified atom stereocenters. The second-order valence-electron chi connectivity index (χ2n) is 18.2. The maximum atomic E-state index is 14.5. The van der Waals surface area contributed by atoms with Gasteiger partial charge in [-0.2, -0.15) is 0 Å². The molecule has 8 rings (SSSR count). The number of rotatable bonds is 11. The zero-order chi connectivity index (χ0) is 40.6. The van der Waals surface area contributed by atoms with Crippen LogP contribution in [-0.4, -0.2) is 55.5 Å². The Morgan fingerprint density at radius 2 is 1.41 bits per heavy atom. The molecule has 7 heteroatoms. The highest BCUT2D eigenvalue weighted by atomic mass is 28.4. The quantitative estimate of drug-likeness (QED) is 0.0709. The van der Waals surface area contributed by atoms with E-state index in [2.05, 4.69) is 112 Å². The normalized spacial score (nSPS) is 23.1. The van der Waals surface area contributed by atoms with Crippen LogP contribution in [0.25, 0.3) is 11.6 Å². The number of amides is 2. The maximum absolute atomic E-state index is 14.5. The number of carbonyl (C=O) groups excluding carboxylic acids is 2. The van der Waals surface area contributed by atoms with Gasteiger partial charge in [0, 0.05) is 12.0 Å². The summed E-state index contributed by atoms with van der Waals surface area (Å²) < 4.78 is 14.4. The van der Waals surface area contributed by atoms with Crippen molar-refractivity contribution in [3.63, 3.8) is 0 Å². The molecule has 4 atom stereocenters. The van der Waals surface area contributed by atoms with E-state index in [1.54, 1.807) is 4.90 Å². The van der Waals surface area contributed by atoms with E-state index in [4.69, 9.17) is 9.16 Å². The maximum Gasteiger partial charge on any atom is 0.261 e. The van der Waals surface area contributed by atoms with Crippen molar-refractivity contribution in [1.82, 2.24) is 4.90 Å². The average Bonchev–Trinajstić information content (AvgIpc) is 3.76. The standard InChI is InChI=1S/C51H59NO5Si/c1-34-28-36(29-35(2)48(34)53)30-38(37-18-10-6-11-19-37)26-27-45-46-39(31-43-47(44(46)33-56-45)50(55)52(49(43)54)40-20-12-7-13-21-40)32-57-58(51(3,4)5,41-22-14-8-15-23-41)42-24-16-9-17-25-42/h6,8-11,14-19,22-25,28-30,40,43-45,47,53H,7,12-13,20-21,26-27,31-33H2,1-5H3/b38-30-/t43-,44+,45-,47-/m1/s1. The van der Waals surface area contributed by atoms with E-state index in [-0.39, 0.29) is 40.8 Å². The van der Waals surface area contributed by atoms with Gasteiger partial charge in [0.2, 0.25) is 11.8 Å². The number of aryl methyl sites for hydroxylation is 2. The zero-order valence-corrected chi connectivity index (χ0v) is 35.9. The van der Waals surface area contributed by atoms with Gasteiger partial charge in [-0.1, -0.05) is 137 Å². The number of imide groups is 1. The molecule has 0 spiro atoms.